The van der Waals surface area contributed by atoms with Crippen LogP contribution in [0.2, 0.25) is 0 Å². The number of benzene rings is 3. The number of aliphatic hydroxyl groups is 3. The smallest absolute Gasteiger partial charge is 0.159 e. The number of hydrogen-bond acceptors (Lipinski definition) is 11. The van der Waals surface area contributed by atoms with Gasteiger partial charge in [-0.05, 0) is 366 Å². The number of rotatable bonds is 12. The van der Waals surface area contributed by atoms with Crippen molar-refractivity contribution in [3.63, 3.8) is 0 Å². The number of Topliss-reactive ketones (excluding diaryl/α,β-unsaturated/α-hetero) is 3. The maximum atomic E-state index is 14.5. The first-order chi connectivity index (χ1) is 50.4. The number of aryl methyl sites for hydroxylation is 2. The topological polar surface area (TPSA) is 191 Å². The summed E-state index contributed by atoms with van der Waals surface area (Å²) in [5, 5.41) is 49.5. The SMILES string of the molecule is CC[C@]12CC[C@@](C)(O)C[C@H]1CC[C@H]1[C@@H]3CC[C@H](C(=O)Cn4cnc5ccccc54)[C@@]3(C)CC[C@@H]12.CC[C@]12CC[C@@](C)(O)C[C@H]1CC[C@H]1[C@@H]3CC[C@H](C(=O)Cn4nc5ccc(C)c(F)c5n4)[C@@]3(C)CC[C@@H]12.CC[C@]12CC[C@@](C)(O)C[C@H]1CC[C@H]1[C@@H]3CC[C@H](C(=O)Cn4nnc5c(F)c(C)ccc54)[C@@]3(C)CC[C@@H]12. The molecule has 3 N–H and O–H groups in total. The van der Waals surface area contributed by atoms with Crippen molar-refractivity contribution in [3.05, 3.63) is 77.6 Å². The van der Waals surface area contributed by atoms with Crippen LogP contribution in [0.1, 0.15) is 266 Å². The molecular formula is C90H126F2N8O6. The molecule has 0 saturated heterocycles. The third-order valence-electron chi connectivity index (χ3n) is 35.1. The molecule has 12 saturated carbocycles. The Morgan fingerprint density at radius 2 is 0.868 bits per heavy atom. The lowest BCUT2D eigenvalue weighted by atomic mass is 9.42. The zero-order valence-corrected chi connectivity index (χ0v) is 66.1. The highest BCUT2D eigenvalue weighted by atomic mass is 19.1. The highest BCUT2D eigenvalue weighted by molar-refractivity contribution is 5.86. The maximum absolute atomic E-state index is 14.5. The molecule has 16 heteroatoms. The molecule has 0 radical (unpaired) electrons. The first-order valence-electron chi connectivity index (χ1n) is 42.6. The van der Waals surface area contributed by atoms with Crippen molar-refractivity contribution in [2.24, 2.45) is 121 Å². The molecule has 12 fully saturated rings. The summed E-state index contributed by atoms with van der Waals surface area (Å²) >= 11 is 0. The quantitative estimate of drug-likeness (QED) is 0.106. The minimum atomic E-state index is -0.503. The fourth-order valence-electron chi connectivity index (χ4n) is 29.7. The molecular weight excluding hydrogens is 1330 g/mol. The minimum Gasteiger partial charge on any atom is -0.390 e. The summed E-state index contributed by atoms with van der Waals surface area (Å²) in [5.41, 5.74) is 4.67. The Morgan fingerprint density at radius 1 is 0.443 bits per heavy atom. The third-order valence-corrected chi connectivity index (χ3v) is 35.1. The number of aromatic nitrogens is 8. The van der Waals surface area contributed by atoms with Crippen LogP contribution in [0.3, 0.4) is 0 Å². The molecule has 12 aliphatic rings. The largest absolute Gasteiger partial charge is 0.390 e. The molecule has 0 amide bonds. The van der Waals surface area contributed by atoms with E-state index in [0.29, 0.717) is 98.1 Å². The first-order valence-corrected chi connectivity index (χ1v) is 42.6. The standard InChI is InChI=1S/2C30H42FN3O2.C30H42N2O2/c1-5-30-15-14-28(3,36)16-19(30)7-8-20-21-9-10-23(29(21,4)13-12-22(20)30)25(35)17-34-24-11-6-18(2)26(31)27(24)32-33-34;1-5-30-15-14-28(3,36)16-19(30)7-8-20-21-9-10-23(29(21,4)13-12-22(20)30)25(35)17-34-32-24-11-6-18(2)26(31)27(24)33-34;1-4-30-16-15-28(2,34)17-20(30)9-10-21-22-11-12-24(29(22,3)14-13-23(21)30)27(33)18-32-19-31-25-7-5-6-8-26(25)32/h2*6,11,19-23,36H,5,7-10,12-17H2,1-4H3;5-8,19-24,34H,4,9-18H2,1-3H3/t2*19-,20+,21+,22+,23-,28-,29+,30+;20-,21+,22+,23+,24-,28-,29+,30+/m111/s1. The predicted octanol–water partition coefficient (Wildman–Crippen LogP) is 18.9. The Hall–Kier alpha value is -5.32. The molecule has 3 aromatic carbocycles. The van der Waals surface area contributed by atoms with Gasteiger partial charge in [-0.15, -0.1) is 10.2 Å². The summed E-state index contributed by atoms with van der Waals surface area (Å²) < 4.78 is 32.7. The normalized spacial score (nSPS) is 42.7. The molecule has 14 nitrogen and oxygen atoms in total. The average Bonchev–Trinajstić information content (AvgIpc) is 1.36. The molecule has 0 aliphatic heterocycles. The van der Waals surface area contributed by atoms with Gasteiger partial charge in [-0.25, -0.2) is 18.4 Å². The highest BCUT2D eigenvalue weighted by Crippen LogP contribution is 2.73. The monoisotopic (exact) mass is 1450 g/mol. The van der Waals surface area contributed by atoms with E-state index in [1.165, 1.54) is 101 Å². The summed E-state index contributed by atoms with van der Waals surface area (Å²) in [6.07, 6.45) is 35.9. The van der Waals surface area contributed by atoms with E-state index >= 15 is 0 Å². The first kappa shape index (κ1) is 74.8. The van der Waals surface area contributed by atoms with E-state index in [4.69, 9.17) is 0 Å². The zero-order chi connectivity index (χ0) is 74.6. The van der Waals surface area contributed by atoms with E-state index in [1.54, 1.807) is 36.7 Å². The Labute approximate surface area is 629 Å². The summed E-state index contributed by atoms with van der Waals surface area (Å²) in [6.45, 7) is 24.8. The molecule has 24 atom stereocenters. The summed E-state index contributed by atoms with van der Waals surface area (Å²) in [7, 11) is 0. The molecule has 6 aromatic rings. The molecule has 12 aliphatic carbocycles. The Morgan fingerprint density at radius 3 is 1.33 bits per heavy atom. The number of halogens is 2. The van der Waals surface area contributed by atoms with Crippen molar-refractivity contribution in [2.45, 2.75) is 305 Å². The van der Waals surface area contributed by atoms with E-state index in [9.17, 15) is 38.5 Å². The number of fused-ring (bicyclic) bond motifs is 18. The van der Waals surface area contributed by atoms with Crippen LogP contribution in [-0.4, -0.2) is 89.0 Å². The predicted molar refractivity (Wildman–Crippen MR) is 411 cm³/mol. The number of nitrogens with zero attached hydrogens (tertiary/aromatic N) is 8. The van der Waals surface area contributed by atoms with E-state index in [1.807, 2.05) is 44.4 Å². The Balaban J connectivity index is 0.000000122. The van der Waals surface area contributed by atoms with Crippen molar-refractivity contribution < 1.29 is 38.5 Å². The number of carbonyl (C=O) groups is 3. The summed E-state index contributed by atoms with van der Waals surface area (Å²) in [6, 6.07) is 15.2. The highest BCUT2D eigenvalue weighted by Gasteiger charge is 2.66. The van der Waals surface area contributed by atoms with Gasteiger partial charge in [0.2, 0.25) is 0 Å². The maximum Gasteiger partial charge on any atom is 0.159 e. The van der Waals surface area contributed by atoms with E-state index in [2.05, 4.69) is 84.6 Å². The van der Waals surface area contributed by atoms with Gasteiger partial charge in [0.1, 0.15) is 29.6 Å². The lowest BCUT2D eigenvalue weighted by molar-refractivity contribution is -0.158. The Kier molecular flexibility index (Phi) is 19.2. The van der Waals surface area contributed by atoms with Crippen molar-refractivity contribution in [3.8, 4) is 0 Å². The van der Waals surface area contributed by atoms with Crippen LogP contribution in [-0.2, 0) is 34.0 Å². The molecule has 18 rings (SSSR count). The van der Waals surface area contributed by atoms with Gasteiger partial charge in [0.25, 0.3) is 0 Å². The van der Waals surface area contributed by atoms with Crippen LogP contribution in [0.5, 0.6) is 0 Å². The second kappa shape index (κ2) is 27.3. The van der Waals surface area contributed by atoms with Crippen LogP contribution in [0, 0.1) is 147 Å². The van der Waals surface area contributed by atoms with Crippen LogP contribution in [0.25, 0.3) is 33.1 Å². The number of para-hydroxylation sites is 2. The molecule has 0 spiro atoms. The van der Waals surface area contributed by atoms with Crippen LogP contribution in [0.4, 0.5) is 8.78 Å². The molecule has 0 unspecified atom stereocenters. The lowest BCUT2D eigenvalue weighted by Crippen LogP contribution is -2.56. The van der Waals surface area contributed by atoms with Crippen molar-refractivity contribution >= 4 is 50.4 Å². The molecule has 3 aromatic heterocycles. The van der Waals surface area contributed by atoms with Crippen LogP contribution < -0.4 is 0 Å². The van der Waals surface area contributed by atoms with Gasteiger partial charge in [-0.1, -0.05) is 71.0 Å². The minimum absolute atomic E-state index is 0.0338. The van der Waals surface area contributed by atoms with Gasteiger partial charge in [0.15, 0.2) is 29.0 Å². The third kappa shape index (κ3) is 12.1. The van der Waals surface area contributed by atoms with E-state index in [0.717, 1.165) is 131 Å². The van der Waals surface area contributed by atoms with Crippen LogP contribution >= 0.6 is 0 Å². The number of imidazole rings is 1. The number of carbonyl (C=O) groups excluding carboxylic acids is 3. The number of ketones is 3. The van der Waals surface area contributed by atoms with Crippen molar-refractivity contribution in [2.75, 3.05) is 0 Å². The zero-order valence-electron chi connectivity index (χ0n) is 66.1. The fourth-order valence-corrected chi connectivity index (χ4v) is 29.7. The van der Waals surface area contributed by atoms with Gasteiger partial charge in [-0.3, -0.25) is 14.4 Å². The van der Waals surface area contributed by atoms with Crippen molar-refractivity contribution in [1.82, 2.24) is 39.5 Å². The fraction of sp³-hybridized carbons (Fsp3) is 0.756. The van der Waals surface area contributed by atoms with Crippen LogP contribution in [0.15, 0.2) is 54.9 Å². The van der Waals surface area contributed by atoms with E-state index < -0.39 is 16.8 Å². The van der Waals surface area contributed by atoms with Gasteiger partial charge < -0.3 is 19.9 Å². The van der Waals surface area contributed by atoms with Gasteiger partial charge in [-0.2, -0.15) is 9.90 Å². The second-order valence-electron chi connectivity index (χ2n) is 39.7. The molecule has 3 heterocycles. The molecule has 106 heavy (non-hydrogen) atoms. The molecule has 576 valence electrons. The summed E-state index contributed by atoms with van der Waals surface area (Å²) in [4.78, 5) is 47.0. The lowest BCUT2D eigenvalue weighted by Gasteiger charge is -2.63. The molecule has 0 bridgehead atoms. The average molecular weight is 1450 g/mol. The van der Waals surface area contributed by atoms with Gasteiger partial charge >= 0.3 is 0 Å². The summed E-state index contributed by atoms with van der Waals surface area (Å²) in [5.74, 6) is 8.69. The van der Waals surface area contributed by atoms with E-state index in [-0.39, 0.29) is 81.3 Å². The second-order valence-corrected chi connectivity index (χ2v) is 39.7. The number of hydrogen-bond donors (Lipinski definition) is 3. The van der Waals surface area contributed by atoms with Gasteiger partial charge in [0, 0.05) is 17.8 Å². The Bertz CT molecular complexity index is 4310. The van der Waals surface area contributed by atoms with Gasteiger partial charge in [0.05, 0.1) is 46.2 Å². The van der Waals surface area contributed by atoms with Crippen molar-refractivity contribution in [1.29, 1.82) is 0 Å².